The molecule has 0 N–H and O–H groups in total. The molecule has 0 fully saturated rings. The largest absolute Gasteiger partial charge is 0.380 e. The van der Waals surface area contributed by atoms with Crippen LogP contribution in [-0.2, 0) is 32.7 Å². The number of nitrogens with zero attached hydrogens (tertiary/aromatic N) is 3. The van der Waals surface area contributed by atoms with Crippen LogP contribution in [-0.4, -0.2) is 15.0 Å². The van der Waals surface area contributed by atoms with E-state index in [4.69, 9.17) is 0 Å². The molecule has 0 unspecified atom stereocenters. The van der Waals surface area contributed by atoms with Gasteiger partial charge in [-0.2, -0.15) is 5.69 Å². The van der Waals surface area contributed by atoms with Gasteiger partial charge in [0, 0.05) is 32.7 Å². The Morgan fingerprint density at radius 3 is 2.85 bits per heavy atom. The SMILES string of the molecule is [Y].[c-]1ncccc1-c1[c-]cncn1. The van der Waals surface area contributed by atoms with Gasteiger partial charge in [0.1, 0.15) is 6.33 Å². The van der Waals surface area contributed by atoms with Gasteiger partial charge in [0.15, 0.2) is 0 Å². The second kappa shape index (κ2) is 5.15. The van der Waals surface area contributed by atoms with Crippen molar-refractivity contribution in [2.75, 3.05) is 0 Å². The number of hydrogen-bond acceptors (Lipinski definition) is 3. The Morgan fingerprint density at radius 1 is 1.31 bits per heavy atom. The number of hydrogen-bond donors (Lipinski definition) is 0. The van der Waals surface area contributed by atoms with Gasteiger partial charge in [-0.1, -0.05) is 12.4 Å². The minimum absolute atomic E-state index is 0. The molecule has 4 heteroatoms. The van der Waals surface area contributed by atoms with Gasteiger partial charge in [0.2, 0.25) is 0 Å². The fourth-order valence-electron chi connectivity index (χ4n) is 0.866. The molecule has 0 spiro atoms. The second-order valence-corrected chi connectivity index (χ2v) is 2.18. The van der Waals surface area contributed by atoms with E-state index in [0.717, 1.165) is 11.3 Å². The van der Waals surface area contributed by atoms with Gasteiger partial charge in [-0.25, -0.2) is 6.07 Å². The van der Waals surface area contributed by atoms with Crippen LogP contribution in [0.5, 0.6) is 0 Å². The Balaban J connectivity index is 0.000000845. The van der Waals surface area contributed by atoms with Gasteiger partial charge >= 0.3 is 0 Å². The Labute approximate surface area is 102 Å². The van der Waals surface area contributed by atoms with Gasteiger partial charge in [-0.3, -0.25) is 16.6 Å². The van der Waals surface area contributed by atoms with Crippen molar-refractivity contribution < 1.29 is 32.7 Å². The molecule has 0 aliphatic carbocycles. The van der Waals surface area contributed by atoms with E-state index in [-0.39, 0.29) is 32.7 Å². The average Bonchev–Trinajstić information content (AvgIpc) is 2.21. The first-order valence-electron chi connectivity index (χ1n) is 3.47. The Hall–Kier alpha value is -0.666. The van der Waals surface area contributed by atoms with E-state index in [1.54, 1.807) is 12.4 Å². The summed E-state index contributed by atoms with van der Waals surface area (Å²) in [6.07, 6.45) is 7.54. The Kier molecular flexibility index (Phi) is 4.12. The molecule has 2 rings (SSSR count). The minimum Gasteiger partial charge on any atom is -0.380 e. The Bertz CT molecular complexity index is 312. The topological polar surface area (TPSA) is 38.7 Å². The van der Waals surface area contributed by atoms with E-state index in [0.29, 0.717) is 0 Å². The van der Waals surface area contributed by atoms with Crippen molar-refractivity contribution >= 4 is 0 Å². The summed E-state index contributed by atoms with van der Waals surface area (Å²) in [6, 6.07) is 6.61. The molecule has 2 aromatic rings. The molecule has 2 aromatic heterocycles. The zero-order valence-corrected chi connectivity index (χ0v) is 9.64. The molecule has 0 aliphatic rings. The smallest absolute Gasteiger partial charge is 0.100 e. The van der Waals surface area contributed by atoms with E-state index in [9.17, 15) is 0 Å². The summed E-state index contributed by atoms with van der Waals surface area (Å²) in [5, 5.41) is 0. The fourth-order valence-corrected chi connectivity index (χ4v) is 0.866. The van der Waals surface area contributed by atoms with E-state index < -0.39 is 0 Å². The molecule has 0 bridgehead atoms. The van der Waals surface area contributed by atoms with Crippen molar-refractivity contribution in [3.8, 4) is 11.3 Å². The molecular formula is C9H5N3Y-2. The van der Waals surface area contributed by atoms with Crippen LogP contribution in [0.15, 0.2) is 30.9 Å². The summed E-state index contributed by atoms with van der Waals surface area (Å²) >= 11 is 0. The standard InChI is InChI=1S/C9H5N3.Y/c1-2-8(6-10-4-1)9-3-5-11-7-12-9;/h1-2,4-5,7H;/q-2;. The van der Waals surface area contributed by atoms with Crippen molar-refractivity contribution in [2.45, 2.75) is 0 Å². The summed E-state index contributed by atoms with van der Waals surface area (Å²) in [7, 11) is 0. The third-order valence-electron chi connectivity index (χ3n) is 1.39. The van der Waals surface area contributed by atoms with Crippen LogP contribution < -0.4 is 0 Å². The summed E-state index contributed by atoms with van der Waals surface area (Å²) in [4.78, 5) is 11.6. The first-order chi connectivity index (χ1) is 5.97. The molecule has 0 aromatic carbocycles. The monoisotopic (exact) mass is 244 g/mol. The third kappa shape index (κ3) is 2.64. The number of pyridine rings is 1. The molecule has 61 valence electrons. The maximum absolute atomic E-state index is 4.01. The van der Waals surface area contributed by atoms with Crippen LogP contribution in [0.25, 0.3) is 11.3 Å². The molecule has 1 radical (unpaired) electrons. The van der Waals surface area contributed by atoms with E-state index in [1.807, 2.05) is 12.1 Å². The molecule has 0 amide bonds. The number of rotatable bonds is 1. The minimum atomic E-state index is 0. The fraction of sp³-hybridized carbons (Fsp3) is 0. The normalized spacial score (nSPS) is 8.92. The molecule has 2 heterocycles. The van der Waals surface area contributed by atoms with Crippen molar-refractivity contribution in [3.63, 3.8) is 0 Å². The molecular weight excluding hydrogens is 239 g/mol. The molecule has 0 atom stereocenters. The van der Waals surface area contributed by atoms with Crippen molar-refractivity contribution in [3.05, 3.63) is 43.1 Å². The van der Waals surface area contributed by atoms with Crippen LogP contribution in [0.4, 0.5) is 0 Å². The average molecular weight is 244 g/mol. The maximum Gasteiger partial charge on any atom is 0.100 e. The summed E-state index contributed by atoms with van der Waals surface area (Å²) in [6.45, 7) is 0. The van der Waals surface area contributed by atoms with Crippen molar-refractivity contribution in [2.24, 2.45) is 0 Å². The molecule has 0 aliphatic heterocycles. The van der Waals surface area contributed by atoms with Gasteiger partial charge in [-0.05, 0) is 0 Å². The van der Waals surface area contributed by atoms with Crippen molar-refractivity contribution in [1.82, 2.24) is 15.0 Å². The van der Waals surface area contributed by atoms with Crippen LogP contribution in [0.3, 0.4) is 0 Å². The first kappa shape index (κ1) is 10.4. The molecule has 0 saturated heterocycles. The summed E-state index contributed by atoms with van der Waals surface area (Å²) in [5.41, 5.74) is 1.55. The Morgan fingerprint density at radius 2 is 2.23 bits per heavy atom. The molecule has 13 heavy (non-hydrogen) atoms. The quantitative estimate of drug-likeness (QED) is 0.706. The van der Waals surface area contributed by atoms with Crippen LogP contribution >= 0.6 is 0 Å². The van der Waals surface area contributed by atoms with Crippen LogP contribution in [0.2, 0.25) is 0 Å². The molecule has 3 nitrogen and oxygen atoms in total. The van der Waals surface area contributed by atoms with E-state index >= 15 is 0 Å². The maximum atomic E-state index is 4.01. The predicted octanol–water partition coefficient (Wildman–Crippen LogP) is 1.14. The number of aromatic nitrogens is 3. The zero-order valence-electron chi connectivity index (χ0n) is 6.81. The van der Waals surface area contributed by atoms with E-state index in [1.165, 1.54) is 6.33 Å². The van der Waals surface area contributed by atoms with Gasteiger partial charge < -0.3 is 9.97 Å². The predicted molar refractivity (Wildman–Crippen MR) is 42.9 cm³/mol. The van der Waals surface area contributed by atoms with Gasteiger partial charge in [-0.15, -0.1) is 12.3 Å². The molecule has 0 saturated carbocycles. The van der Waals surface area contributed by atoms with Crippen molar-refractivity contribution in [1.29, 1.82) is 0 Å². The zero-order chi connectivity index (χ0) is 8.23. The van der Waals surface area contributed by atoms with Crippen LogP contribution in [0.1, 0.15) is 0 Å². The van der Waals surface area contributed by atoms with Gasteiger partial charge in [0.25, 0.3) is 0 Å². The summed E-state index contributed by atoms with van der Waals surface area (Å²) in [5.74, 6) is 0. The van der Waals surface area contributed by atoms with Gasteiger partial charge in [0.05, 0.1) is 0 Å². The second-order valence-electron chi connectivity index (χ2n) is 2.18. The van der Waals surface area contributed by atoms with Crippen LogP contribution in [0, 0.1) is 12.3 Å². The third-order valence-corrected chi connectivity index (χ3v) is 1.39. The first-order valence-corrected chi connectivity index (χ1v) is 3.47. The summed E-state index contributed by atoms with van der Waals surface area (Å²) < 4.78 is 0. The van der Waals surface area contributed by atoms with E-state index in [2.05, 4.69) is 27.2 Å².